The Kier molecular flexibility index (Phi) is 3.92. The maximum Gasteiger partial charge on any atom is 0.149 e. The summed E-state index contributed by atoms with van der Waals surface area (Å²) in [6.07, 6.45) is 3.69. The first-order valence-electron chi connectivity index (χ1n) is 8.07. The molecule has 5 heteroatoms. The molecule has 0 atom stereocenters. The number of aromatic nitrogens is 2. The summed E-state index contributed by atoms with van der Waals surface area (Å²) in [6.45, 7) is 2.61. The number of hydrogen-bond donors (Lipinski definition) is 2. The Labute approximate surface area is 141 Å². The fraction of sp³-hybridized carbons (Fsp3) is 0.211. The van der Waals surface area contributed by atoms with Gasteiger partial charge in [0.25, 0.3) is 0 Å². The minimum atomic E-state index is 0.699. The molecule has 0 fully saturated rings. The second-order valence-corrected chi connectivity index (χ2v) is 5.86. The summed E-state index contributed by atoms with van der Waals surface area (Å²) in [6, 6.07) is 14.6. The van der Waals surface area contributed by atoms with Crippen LogP contribution in [0, 0.1) is 0 Å². The molecule has 0 saturated carbocycles. The molecule has 1 aliphatic rings. The van der Waals surface area contributed by atoms with Gasteiger partial charge < -0.3 is 15.4 Å². The van der Waals surface area contributed by atoms with Gasteiger partial charge in [-0.1, -0.05) is 18.2 Å². The Balaban J connectivity index is 1.57. The van der Waals surface area contributed by atoms with E-state index >= 15 is 0 Å². The van der Waals surface area contributed by atoms with Crippen LogP contribution < -0.4 is 15.4 Å². The van der Waals surface area contributed by atoms with Gasteiger partial charge in [0.2, 0.25) is 0 Å². The molecule has 2 aromatic carbocycles. The molecule has 122 valence electrons. The fourth-order valence-corrected chi connectivity index (χ4v) is 3.14. The smallest absolute Gasteiger partial charge is 0.149 e. The van der Waals surface area contributed by atoms with Crippen LogP contribution in [-0.4, -0.2) is 16.9 Å². The summed E-state index contributed by atoms with van der Waals surface area (Å²) in [5.74, 6) is 0.844. The zero-order valence-corrected chi connectivity index (χ0v) is 13.6. The molecule has 1 aromatic heterocycles. The van der Waals surface area contributed by atoms with Gasteiger partial charge in [-0.3, -0.25) is 0 Å². The largest absolute Gasteiger partial charge is 0.494 e. The highest BCUT2D eigenvalue weighted by atomic mass is 16.5. The molecule has 4 rings (SSSR count). The number of rotatable bonds is 5. The van der Waals surface area contributed by atoms with E-state index in [4.69, 9.17) is 4.74 Å². The first kappa shape index (κ1) is 14.8. The molecule has 0 unspecified atom stereocenters. The molecule has 5 nitrogen and oxygen atoms in total. The van der Waals surface area contributed by atoms with Crippen molar-refractivity contribution >= 4 is 5.69 Å². The molecule has 0 radical (unpaired) electrons. The predicted octanol–water partition coefficient (Wildman–Crippen LogP) is 3.10. The summed E-state index contributed by atoms with van der Waals surface area (Å²) < 4.78 is 7.47. The van der Waals surface area contributed by atoms with Gasteiger partial charge in [-0.05, 0) is 35.4 Å². The number of nitrogens with zero attached hydrogens (tertiary/aromatic N) is 2. The topological polar surface area (TPSA) is 51.1 Å². The lowest BCUT2D eigenvalue weighted by atomic mass is 10.1. The number of fused-ring (bicyclic) bond motifs is 1. The van der Waals surface area contributed by atoms with E-state index in [9.17, 15) is 0 Å². The first-order chi connectivity index (χ1) is 11.8. The van der Waals surface area contributed by atoms with Crippen molar-refractivity contribution in [3.8, 4) is 11.4 Å². The second kappa shape index (κ2) is 6.37. The highest BCUT2D eigenvalue weighted by Crippen LogP contribution is 2.28. The first-order valence-corrected chi connectivity index (χ1v) is 8.07. The van der Waals surface area contributed by atoms with Gasteiger partial charge in [0, 0.05) is 43.3 Å². The third kappa shape index (κ3) is 2.74. The molecular formula is C19H20N4O. The third-order valence-corrected chi connectivity index (χ3v) is 4.35. The van der Waals surface area contributed by atoms with Crippen molar-refractivity contribution in [2.24, 2.45) is 0 Å². The Morgan fingerprint density at radius 3 is 2.92 bits per heavy atom. The van der Waals surface area contributed by atoms with Crippen LogP contribution >= 0.6 is 0 Å². The van der Waals surface area contributed by atoms with Gasteiger partial charge in [-0.15, -0.1) is 0 Å². The van der Waals surface area contributed by atoms with E-state index in [1.165, 1.54) is 11.1 Å². The molecule has 1 aliphatic heterocycles. The Morgan fingerprint density at radius 2 is 2.08 bits per heavy atom. The van der Waals surface area contributed by atoms with Crippen molar-refractivity contribution in [2.45, 2.75) is 19.6 Å². The molecule has 2 heterocycles. The van der Waals surface area contributed by atoms with E-state index in [2.05, 4.69) is 40.0 Å². The van der Waals surface area contributed by atoms with Crippen molar-refractivity contribution in [2.75, 3.05) is 12.4 Å². The van der Waals surface area contributed by atoms with Crippen molar-refractivity contribution in [3.63, 3.8) is 0 Å². The third-order valence-electron chi connectivity index (χ3n) is 4.35. The van der Waals surface area contributed by atoms with Crippen molar-refractivity contribution < 1.29 is 4.74 Å². The van der Waals surface area contributed by atoms with E-state index in [-0.39, 0.29) is 0 Å². The molecule has 0 bridgehead atoms. The molecule has 0 spiro atoms. The number of methoxy groups -OCH3 is 1. The number of anilines is 1. The quantitative estimate of drug-likeness (QED) is 0.758. The van der Waals surface area contributed by atoms with Gasteiger partial charge in [0.05, 0.1) is 7.11 Å². The van der Waals surface area contributed by atoms with Crippen molar-refractivity contribution in [1.29, 1.82) is 0 Å². The summed E-state index contributed by atoms with van der Waals surface area (Å²) >= 11 is 0. The number of nitrogens with one attached hydrogen (secondary N) is 2. The van der Waals surface area contributed by atoms with Crippen molar-refractivity contribution in [3.05, 3.63) is 71.5 Å². The Morgan fingerprint density at radius 1 is 1.17 bits per heavy atom. The lowest BCUT2D eigenvalue weighted by Gasteiger charge is -2.15. The zero-order valence-electron chi connectivity index (χ0n) is 13.6. The summed E-state index contributed by atoms with van der Waals surface area (Å²) in [5, 5.41) is 11.2. The summed E-state index contributed by atoms with van der Waals surface area (Å²) in [5.41, 5.74) is 5.93. The second-order valence-electron chi connectivity index (χ2n) is 5.86. The average molecular weight is 320 g/mol. The van der Waals surface area contributed by atoms with Gasteiger partial charge in [0.15, 0.2) is 0 Å². The molecule has 2 N–H and O–H groups in total. The molecule has 0 aliphatic carbocycles. The van der Waals surface area contributed by atoms with Crippen LogP contribution in [0.25, 0.3) is 5.69 Å². The Bertz CT molecular complexity index is 843. The van der Waals surface area contributed by atoms with E-state index < -0.39 is 0 Å². The number of para-hydroxylation sites is 1. The molecule has 3 aromatic rings. The van der Waals surface area contributed by atoms with E-state index in [0.29, 0.717) is 6.54 Å². The fourth-order valence-electron chi connectivity index (χ4n) is 3.14. The molecule has 24 heavy (non-hydrogen) atoms. The zero-order chi connectivity index (χ0) is 16.4. The molecule has 0 saturated heterocycles. The van der Waals surface area contributed by atoms with Crippen LogP contribution in [0.5, 0.6) is 5.75 Å². The van der Waals surface area contributed by atoms with E-state index in [1.54, 1.807) is 13.3 Å². The van der Waals surface area contributed by atoms with Crippen LogP contribution in [0.15, 0.2) is 54.9 Å². The Hall–Kier alpha value is -2.79. The lowest BCUT2D eigenvalue weighted by molar-refractivity contribution is 0.407. The number of ether oxygens (including phenoxy) is 1. The molecule has 0 amide bonds. The van der Waals surface area contributed by atoms with Crippen LogP contribution in [0.3, 0.4) is 0 Å². The van der Waals surface area contributed by atoms with Gasteiger partial charge in [-0.25, -0.2) is 4.68 Å². The lowest BCUT2D eigenvalue weighted by Crippen LogP contribution is -2.06. The minimum absolute atomic E-state index is 0.699. The minimum Gasteiger partial charge on any atom is -0.494 e. The molecular weight excluding hydrogens is 300 g/mol. The highest BCUT2D eigenvalue weighted by molar-refractivity contribution is 5.54. The number of benzene rings is 2. The predicted molar refractivity (Wildman–Crippen MR) is 94.4 cm³/mol. The number of hydrogen-bond acceptors (Lipinski definition) is 4. The van der Waals surface area contributed by atoms with Gasteiger partial charge in [0.1, 0.15) is 11.4 Å². The van der Waals surface area contributed by atoms with Crippen LogP contribution in [-0.2, 0) is 19.6 Å². The monoisotopic (exact) mass is 320 g/mol. The van der Waals surface area contributed by atoms with Crippen LogP contribution in [0.2, 0.25) is 0 Å². The average Bonchev–Trinajstić information content (AvgIpc) is 3.30. The summed E-state index contributed by atoms with van der Waals surface area (Å²) in [4.78, 5) is 0. The van der Waals surface area contributed by atoms with Crippen LogP contribution in [0.1, 0.15) is 16.7 Å². The maximum absolute atomic E-state index is 5.65. The highest BCUT2D eigenvalue weighted by Gasteiger charge is 2.12. The van der Waals surface area contributed by atoms with Gasteiger partial charge in [-0.2, -0.15) is 5.10 Å². The van der Waals surface area contributed by atoms with Gasteiger partial charge >= 0.3 is 0 Å². The van der Waals surface area contributed by atoms with E-state index in [1.807, 2.05) is 29.1 Å². The SMILES string of the molecule is COc1c(CNc2ccc3c(c2)CNC3)cccc1-n1cccn1. The standard InChI is InChI=1S/C19H20N4O/c1-24-19-15(4-2-5-18(19)23-9-3-8-22-23)13-21-17-7-6-14-11-20-12-16(14)10-17/h2-10,20-21H,11-13H2,1H3. The van der Waals surface area contributed by atoms with E-state index in [0.717, 1.165) is 35.8 Å². The summed E-state index contributed by atoms with van der Waals surface area (Å²) in [7, 11) is 1.70. The normalized spacial score (nSPS) is 12.9. The van der Waals surface area contributed by atoms with Crippen molar-refractivity contribution in [1.82, 2.24) is 15.1 Å². The maximum atomic E-state index is 5.65. The van der Waals surface area contributed by atoms with Crippen LogP contribution in [0.4, 0.5) is 5.69 Å².